The molecule has 1 aliphatic heterocycles. The molecule has 84 valence electrons. The normalized spacial score (nSPS) is 21.0. The van der Waals surface area contributed by atoms with E-state index in [0.717, 1.165) is 37.0 Å². The third-order valence-electron chi connectivity index (χ3n) is 2.66. The van der Waals surface area contributed by atoms with Gasteiger partial charge in [0.2, 0.25) is 0 Å². The van der Waals surface area contributed by atoms with Gasteiger partial charge in [0, 0.05) is 24.7 Å². The zero-order valence-corrected chi connectivity index (χ0v) is 10.3. The van der Waals surface area contributed by atoms with Crippen molar-refractivity contribution in [3.8, 4) is 0 Å². The zero-order chi connectivity index (χ0) is 10.5. The third kappa shape index (κ3) is 3.28. The summed E-state index contributed by atoms with van der Waals surface area (Å²) in [6.07, 6.45) is 7.19. The second-order valence-corrected chi connectivity index (χ2v) is 4.44. The van der Waals surface area contributed by atoms with Crippen molar-refractivity contribution in [2.45, 2.75) is 43.7 Å². The fourth-order valence-corrected chi connectivity index (χ4v) is 2.12. The molecule has 5 heteroatoms. The Labute approximate surface area is 98.1 Å². The number of aromatic nitrogens is 3. The smallest absolute Gasteiger partial charge is 0.0932 e. The number of hydrogen-bond donors (Lipinski definition) is 0. The van der Waals surface area contributed by atoms with Gasteiger partial charge in [0.15, 0.2) is 0 Å². The summed E-state index contributed by atoms with van der Waals surface area (Å²) >= 11 is 3.36. The maximum absolute atomic E-state index is 5.56. The zero-order valence-electron chi connectivity index (χ0n) is 8.73. The Morgan fingerprint density at radius 3 is 3.20 bits per heavy atom. The van der Waals surface area contributed by atoms with E-state index in [1.807, 2.05) is 10.9 Å². The van der Waals surface area contributed by atoms with Crippen molar-refractivity contribution >= 4 is 15.9 Å². The minimum atomic E-state index is 0.490. The van der Waals surface area contributed by atoms with Gasteiger partial charge in [-0.3, -0.25) is 4.68 Å². The van der Waals surface area contributed by atoms with Crippen molar-refractivity contribution in [1.82, 2.24) is 15.0 Å². The van der Waals surface area contributed by atoms with E-state index < -0.39 is 0 Å². The van der Waals surface area contributed by atoms with Crippen LogP contribution in [0.1, 0.15) is 31.4 Å². The molecule has 1 aromatic rings. The van der Waals surface area contributed by atoms with E-state index in [0.29, 0.717) is 6.10 Å². The lowest BCUT2D eigenvalue weighted by Crippen LogP contribution is -2.07. The van der Waals surface area contributed by atoms with Crippen molar-refractivity contribution < 1.29 is 4.74 Å². The highest BCUT2D eigenvalue weighted by molar-refractivity contribution is 9.08. The molecule has 2 rings (SSSR count). The number of alkyl halides is 1. The Bertz CT molecular complexity index is 297. The standard InChI is InChI=1S/C10H16BrN3O/c11-7-9-8-14(13-12-9)5-1-3-10-4-2-6-15-10/h8,10H,1-7H2. The molecule has 1 fully saturated rings. The van der Waals surface area contributed by atoms with Crippen LogP contribution < -0.4 is 0 Å². The van der Waals surface area contributed by atoms with E-state index in [1.165, 1.54) is 12.8 Å². The summed E-state index contributed by atoms with van der Waals surface area (Å²) in [6, 6.07) is 0. The second-order valence-electron chi connectivity index (χ2n) is 3.88. The van der Waals surface area contributed by atoms with Gasteiger partial charge in [0.25, 0.3) is 0 Å². The van der Waals surface area contributed by atoms with Crippen LogP contribution in [0.25, 0.3) is 0 Å². The highest BCUT2D eigenvalue weighted by Crippen LogP contribution is 2.17. The highest BCUT2D eigenvalue weighted by Gasteiger charge is 2.14. The Hall–Kier alpha value is -0.420. The fourth-order valence-electron chi connectivity index (χ4n) is 1.86. The van der Waals surface area contributed by atoms with Gasteiger partial charge in [-0.05, 0) is 25.7 Å². The van der Waals surface area contributed by atoms with E-state index in [2.05, 4.69) is 26.2 Å². The second kappa shape index (κ2) is 5.61. The molecule has 0 radical (unpaired) electrons. The summed E-state index contributed by atoms with van der Waals surface area (Å²) in [5, 5.41) is 8.84. The Kier molecular flexibility index (Phi) is 4.14. The molecular formula is C10H16BrN3O. The number of halogens is 1. The minimum Gasteiger partial charge on any atom is -0.378 e. The van der Waals surface area contributed by atoms with E-state index in [-0.39, 0.29) is 0 Å². The summed E-state index contributed by atoms with van der Waals surface area (Å²) in [5.74, 6) is 0. The van der Waals surface area contributed by atoms with Gasteiger partial charge >= 0.3 is 0 Å². The first-order valence-corrected chi connectivity index (χ1v) is 6.57. The molecule has 1 saturated heterocycles. The lowest BCUT2D eigenvalue weighted by atomic mass is 10.1. The van der Waals surface area contributed by atoms with Crippen LogP contribution in [-0.4, -0.2) is 27.7 Å². The number of nitrogens with zero attached hydrogens (tertiary/aromatic N) is 3. The molecular weight excluding hydrogens is 258 g/mol. The summed E-state index contributed by atoms with van der Waals surface area (Å²) in [7, 11) is 0. The first-order chi connectivity index (χ1) is 7.38. The van der Waals surface area contributed by atoms with Gasteiger partial charge in [0.1, 0.15) is 0 Å². The van der Waals surface area contributed by atoms with Crippen molar-refractivity contribution in [1.29, 1.82) is 0 Å². The molecule has 0 spiro atoms. The predicted molar refractivity (Wildman–Crippen MR) is 60.9 cm³/mol. The van der Waals surface area contributed by atoms with E-state index in [9.17, 15) is 0 Å². The molecule has 1 aromatic heterocycles. The first-order valence-electron chi connectivity index (χ1n) is 5.45. The molecule has 0 aliphatic carbocycles. The number of aryl methyl sites for hydroxylation is 1. The Morgan fingerprint density at radius 2 is 2.53 bits per heavy atom. The predicted octanol–water partition coefficient (Wildman–Crippen LogP) is 2.13. The van der Waals surface area contributed by atoms with Crippen molar-refractivity contribution in [3.05, 3.63) is 11.9 Å². The largest absolute Gasteiger partial charge is 0.378 e. The number of rotatable bonds is 5. The van der Waals surface area contributed by atoms with Crippen LogP contribution in [0.3, 0.4) is 0 Å². The molecule has 0 aromatic carbocycles. The lowest BCUT2D eigenvalue weighted by Gasteiger charge is -2.07. The van der Waals surface area contributed by atoms with Crippen LogP contribution in [0.15, 0.2) is 6.20 Å². The molecule has 0 amide bonds. The summed E-state index contributed by atoms with van der Waals surface area (Å²) in [4.78, 5) is 0. The molecule has 0 N–H and O–H groups in total. The molecule has 15 heavy (non-hydrogen) atoms. The minimum absolute atomic E-state index is 0.490. The molecule has 1 unspecified atom stereocenters. The summed E-state index contributed by atoms with van der Waals surface area (Å²) in [6.45, 7) is 1.89. The Balaban J connectivity index is 1.68. The maximum atomic E-state index is 5.56. The van der Waals surface area contributed by atoms with Gasteiger partial charge in [-0.1, -0.05) is 21.1 Å². The summed E-state index contributed by atoms with van der Waals surface area (Å²) < 4.78 is 7.47. The topological polar surface area (TPSA) is 39.9 Å². The molecule has 2 heterocycles. The maximum Gasteiger partial charge on any atom is 0.0932 e. The summed E-state index contributed by atoms with van der Waals surface area (Å²) in [5.41, 5.74) is 0.993. The van der Waals surface area contributed by atoms with E-state index in [4.69, 9.17) is 4.74 Å². The van der Waals surface area contributed by atoms with Crippen LogP contribution in [0.4, 0.5) is 0 Å². The van der Waals surface area contributed by atoms with Gasteiger partial charge in [-0.15, -0.1) is 5.10 Å². The average molecular weight is 274 g/mol. The van der Waals surface area contributed by atoms with Crippen molar-refractivity contribution in [3.63, 3.8) is 0 Å². The third-order valence-corrected chi connectivity index (χ3v) is 3.23. The van der Waals surface area contributed by atoms with Gasteiger partial charge in [0.05, 0.1) is 11.8 Å². The van der Waals surface area contributed by atoms with Crippen LogP contribution in [0.2, 0.25) is 0 Å². The van der Waals surface area contributed by atoms with E-state index >= 15 is 0 Å². The quantitative estimate of drug-likeness (QED) is 0.772. The van der Waals surface area contributed by atoms with Crippen molar-refractivity contribution in [2.75, 3.05) is 6.61 Å². The lowest BCUT2D eigenvalue weighted by molar-refractivity contribution is 0.101. The van der Waals surface area contributed by atoms with Crippen LogP contribution in [0, 0.1) is 0 Å². The highest BCUT2D eigenvalue weighted by atomic mass is 79.9. The first kappa shape index (κ1) is 11.1. The van der Waals surface area contributed by atoms with Gasteiger partial charge in [-0.2, -0.15) is 0 Å². The fraction of sp³-hybridized carbons (Fsp3) is 0.800. The van der Waals surface area contributed by atoms with Crippen LogP contribution in [0.5, 0.6) is 0 Å². The van der Waals surface area contributed by atoms with E-state index in [1.54, 1.807) is 0 Å². The molecule has 0 bridgehead atoms. The van der Waals surface area contributed by atoms with Crippen LogP contribution in [-0.2, 0) is 16.6 Å². The monoisotopic (exact) mass is 273 g/mol. The van der Waals surface area contributed by atoms with Crippen molar-refractivity contribution in [2.24, 2.45) is 0 Å². The SMILES string of the molecule is BrCc1cn(CCCC2CCCO2)nn1. The molecule has 0 saturated carbocycles. The van der Waals surface area contributed by atoms with Gasteiger partial charge < -0.3 is 4.74 Å². The number of ether oxygens (including phenoxy) is 1. The Morgan fingerprint density at radius 1 is 1.60 bits per heavy atom. The molecule has 1 atom stereocenters. The van der Waals surface area contributed by atoms with Crippen LogP contribution >= 0.6 is 15.9 Å². The molecule has 4 nitrogen and oxygen atoms in total. The number of hydrogen-bond acceptors (Lipinski definition) is 3. The van der Waals surface area contributed by atoms with Gasteiger partial charge in [-0.25, -0.2) is 0 Å². The molecule has 1 aliphatic rings. The average Bonchev–Trinajstić information content (AvgIpc) is 2.88.